The van der Waals surface area contributed by atoms with Crippen molar-refractivity contribution < 1.29 is 19.3 Å². The molecule has 0 aliphatic carbocycles. The third-order valence-corrected chi connectivity index (χ3v) is 2.22. The number of ether oxygens (including phenoxy) is 3. The normalized spacial score (nSPS) is 43.0. The van der Waals surface area contributed by atoms with Crippen LogP contribution in [0.3, 0.4) is 0 Å². The third kappa shape index (κ3) is 1.95. The number of hydrogen-bond acceptors (Lipinski definition) is 4. The highest BCUT2D eigenvalue weighted by atomic mass is 16.7. The molecule has 1 heterocycles. The number of aliphatic hydroxyl groups excluding tert-OH is 1. The Bertz CT molecular complexity index is 139. The van der Waals surface area contributed by atoms with E-state index in [9.17, 15) is 5.11 Å². The molecule has 0 aromatic heterocycles. The van der Waals surface area contributed by atoms with Crippen molar-refractivity contribution in [3.63, 3.8) is 0 Å². The fraction of sp³-hybridized carbons (Fsp3) is 1.00. The molecule has 4 nitrogen and oxygen atoms in total. The minimum atomic E-state index is -0.554. The lowest BCUT2D eigenvalue weighted by molar-refractivity contribution is -0.241. The number of aliphatic hydroxyl groups is 1. The summed E-state index contributed by atoms with van der Waals surface area (Å²) in [5, 5.41) is 9.55. The molecule has 12 heavy (non-hydrogen) atoms. The van der Waals surface area contributed by atoms with Crippen molar-refractivity contribution in [1.82, 2.24) is 0 Å². The van der Waals surface area contributed by atoms with Crippen LogP contribution in [0, 0.1) is 0 Å². The van der Waals surface area contributed by atoms with Gasteiger partial charge in [-0.1, -0.05) is 0 Å². The summed E-state index contributed by atoms with van der Waals surface area (Å²) in [6.45, 7) is 1.81. The Morgan fingerprint density at radius 2 is 2.00 bits per heavy atom. The number of methoxy groups -OCH3 is 2. The highest BCUT2D eigenvalue weighted by Crippen LogP contribution is 2.22. The second-order valence-corrected chi connectivity index (χ2v) is 3.01. The fourth-order valence-corrected chi connectivity index (χ4v) is 1.39. The van der Waals surface area contributed by atoms with Crippen LogP contribution in [0.2, 0.25) is 0 Å². The predicted octanol–water partition coefficient (Wildman–Crippen LogP) is 0.144. The summed E-state index contributed by atoms with van der Waals surface area (Å²) in [5.74, 6) is 0. The second-order valence-electron chi connectivity index (χ2n) is 3.01. The molecule has 1 rings (SSSR count). The van der Waals surface area contributed by atoms with Gasteiger partial charge in [-0.2, -0.15) is 0 Å². The van der Waals surface area contributed by atoms with Crippen LogP contribution in [0.5, 0.6) is 0 Å². The van der Waals surface area contributed by atoms with E-state index in [1.807, 2.05) is 6.92 Å². The van der Waals surface area contributed by atoms with E-state index in [0.717, 1.165) is 0 Å². The van der Waals surface area contributed by atoms with Gasteiger partial charge < -0.3 is 19.3 Å². The molecule has 1 N–H and O–H groups in total. The molecule has 0 amide bonds. The minimum Gasteiger partial charge on any atom is -0.388 e. The molecule has 0 spiro atoms. The van der Waals surface area contributed by atoms with Gasteiger partial charge in [-0.3, -0.25) is 0 Å². The molecule has 0 aromatic carbocycles. The Hall–Kier alpha value is -0.160. The van der Waals surface area contributed by atoms with E-state index in [4.69, 9.17) is 14.2 Å². The Morgan fingerprint density at radius 3 is 2.50 bits per heavy atom. The molecular weight excluding hydrogens is 160 g/mol. The monoisotopic (exact) mass is 176 g/mol. The van der Waals surface area contributed by atoms with Gasteiger partial charge in [0.25, 0.3) is 0 Å². The van der Waals surface area contributed by atoms with Crippen LogP contribution in [0.15, 0.2) is 0 Å². The van der Waals surface area contributed by atoms with Crippen molar-refractivity contribution in [3.8, 4) is 0 Å². The minimum absolute atomic E-state index is 0.182. The molecule has 0 saturated carbocycles. The molecule has 4 atom stereocenters. The van der Waals surface area contributed by atoms with Gasteiger partial charge in [-0.05, 0) is 6.92 Å². The van der Waals surface area contributed by atoms with Gasteiger partial charge in [0.1, 0.15) is 6.10 Å². The summed E-state index contributed by atoms with van der Waals surface area (Å²) in [6.07, 6.45) is -0.638. The van der Waals surface area contributed by atoms with Gasteiger partial charge in [-0.25, -0.2) is 0 Å². The molecule has 1 aliphatic rings. The topological polar surface area (TPSA) is 47.9 Å². The van der Waals surface area contributed by atoms with E-state index in [1.165, 1.54) is 0 Å². The lowest BCUT2D eigenvalue weighted by atomic mass is 10.0. The van der Waals surface area contributed by atoms with Crippen LogP contribution in [-0.4, -0.2) is 43.9 Å². The van der Waals surface area contributed by atoms with E-state index in [0.29, 0.717) is 6.42 Å². The molecule has 1 saturated heterocycles. The van der Waals surface area contributed by atoms with E-state index in [1.54, 1.807) is 14.2 Å². The Morgan fingerprint density at radius 1 is 1.33 bits per heavy atom. The van der Waals surface area contributed by atoms with Crippen LogP contribution in [0.4, 0.5) is 0 Å². The van der Waals surface area contributed by atoms with Gasteiger partial charge in [0, 0.05) is 20.6 Å². The largest absolute Gasteiger partial charge is 0.388 e. The van der Waals surface area contributed by atoms with Crippen molar-refractivity contribution in [2.45, 2.75) is 37.9 Å². The second kappa shape index (κ2) is 4.18. The van der Waals surface area contributed by atoms with Crippen LogP contribution >= 0.6 is 0 Å². The first-order chi connectivity index (χ1) is 5.69. The lowest BCUT2D eigenvalue weighted by Crippen LogP contribution is -2.48. The lowest BCUT2D eigenvalue weighted by Gasteiger charge is -2.36. The van der Waals surface area contributed by atoms with Gasteiger partial charge in [0.15, 0.2) is 6.29 Å². The van der Waals surface area contributed by atoms with Crippen molar-refractivity contribution >= 4 is 0 Å². The van der Waals surface area contributed by atoms with E-state index in [-0.39, 0.29) is 18.5 Å². The zero-order valence-electron chi connectivity index (χ0n) is 7.69. The maximum absolute atomic E-state index is 9.55. The average Bonchev–Trinajstić information content (AvgIpc) is 2.09. The summed E-state index contributed by atoms with van der Waals surface area (Å²) in [4.78, 5) is 0. The summed E-state index contributed by atoms with van der Waals surface area (Å²) in [7, 11) is 3.17. The van der Waals surface area contributed by atoms with E-state index < -0.39 is 6.10 Å². The number of hydrogen-bond donors (Lipinski definition) is 1. The molecule has 1 aliphatic heterocycles. The first-order valence-corrected chi connectivity index (χ1v) is 4.08. The Kier molecular flexibility index (Phi) is 3.46. The van der Waals surface area contributed by atoms with E-state index in [2.05, 4.69) is 0 Å². The van der Waals surface area contributed by atoms with Gasteiger partial charge in [0.2, 0.25) is 0 Å². The van der Waals surface area contributed by atoms with E-state index >= 15 is 0 Å². The first kappa shape index (κ1) is 9.92. The first-order valence-electron chi connectivity index (χ1n) is 4.08. The average molecular weight is 176 g/mol. The van der Waals surface area contributed by atoms with Gasteiger partial charge in [-0.15, -0.1) is 0 Å². The summed E-state index contributed by atoms with van der Waals surface area (Å²) in [6, 6.07) is 0. The molecule has 0 aromatic rings. The summed E-state index contributed by atoms with van der Waals surface area (Å²) in [5.41, 5.74) is 0. The zero-order chi connectivity index (χ0) is 9.14. The van der Waals surface area contributed by atoms with Crippen molar-refractivity contribution in [1.29, 1.82) is 0 Å². The van der Waals surface area contributed by atoms with Crippen LogP contribution in [0.1, 0.15) is 13.3 Å². The molecule has 0 unspecified atom stereocenters. The molecular formula is C8H16O4. The van der Waals surface area contributed by atoms with Crippen molar-refractivity contribution in [2.75, 3.05) is 14.2 Å². The van der Waals surface area contributed by atoms with Crippen LogP contribution < -0.4 is 0 Å². The van der Waals surface area contributed by atoms with Gasteiger partial charge >= 0.3 is 0 Å². The standard InChI is InChI=1S/C8H16O4/c1-5-8(9)6(10-2)4-7(11-3)12-5/h5-9H,4H2,1-3H3/t5-,6-,7-,8-/m1/s1. The molecule has 1 fully saturated rings. The van der Waals surface area contributed by atoms with Crippen molar-refractivity contribution in [2.24, 2.45) is 0 Å². The molecule has 72 valence electrons. The summed E-state index contributed by atoms with van der Waals surface area (Å²) < 4.78 is 15.5. The molecule has 0 radical (unpaired) electrons. The highest BCUT2D eigenvalue weighted by molar-refractivity contribution is 4.80. The fourth-order valence-electron chi connectivity index (χ4n) is 1.39. The van der Waals surface area contributed by atoms with Crippen molar-refractivity contribution in [3.05, 3.63) is 0 Å². The molecule has 0 bridgehead atoms. The SMILES string of the molecule is CO[C@H]1C[C@@H](OC)[C@H](O)[C@@H](C)O1. The number of rotatable bonds is 2. The highest BCUT2D eigenvalue weighted by Gasteiger charge is 2.35. The predicted molar refractivity (Wildman–Crippen MR) is 42.8 cm³/mol. The van der Waals surface area contributed by atoms with Crippen LogP contribution in [0.25, 0.3) is 0 Å². The molecule has 4 heteroatoms. The maximum Gasteiger partial charge on any atom is 0.160 e. The summed E-state index contributed by atoms with van der Waals surface area (Å²) >= 11 is 0. The van der Waals surface area contributed by atoms with Crippen LogP contribution in [-0.2, 0) is 14.2 Å². The smallest absolute Gasteiger partial charge is 0.160 e. The maximum atomic E-state index is 9.55. The quantitative estimate of drug-likeness (QED) is 0.650. The third-order valence-electron chi connectivity index (χ3n) is 2.22. The Balaban J connectivity index is 2.52. The Labute approximate surface area is 72.4 Å². The zero-order valence-corrected chi connectivity index (χ0v) is 7.69. The van der Waals surface area contributed by atoms with Gasteiger partial charge in [0.05, 0.1) is 12.2 Å².